The van der Waals surface area contributed by atoms with Gasteiger partial charge in [0.15, 0.2) is 0 Å². The molecule has 1 aromatic carbocycles. The molecule has 2 rings (SSSR count). The van der Waals surface area contributed by atoms with Crippen molar-refractivity contribution in [1.82, 2.24) is 10.2 Å². The number of amides is 2. The van der Waals surface area contributed by atoms with Gasteiger partial charge in [-0.15, -0.1) is 0 Å². The molecule has 1 aliphatic heterocycles. The minimum absolute atomic E-state index is 0.0308. The van der Waals surface area contributed by atoms with Crippen molar-refractivity contribution in [2.24, 2.45) is 5.41 Å². The maximum atomic E-state index is 12.8. The topological polar surface area (TPSA) is 113 Å². The molecule has 8 nitrogen and oxygen atoms in total. The Kier molecular flexibility index (Phi) is 5.10. The quantitative estimate of drug-likeness (QED) is 0.620. The second kappa shape index (κ2) is 6.81. The summed E-state index contributed by atoms with van der Waals surface area (Å²) in [4.78, 5) is 34.4. The molecule has 0 spiro atoms. The van der Waals surface area contributed by atoms with Gasteiger partial charge >= 0.3 is 18.2 Å². The highest BCUT2D eigenvalue weighted by Crippen LogP contribution is 2.33. The van der Waals surface area contributed by atoms with E-state index < -0.39 is 39.8 Å². The Balaban J connectivity index is 2.09. The molecule has 142 valence electrons. The number of alkyl halides is 3. The number of nitrogens with one attached hydrogen (secondary N) is 1. The molecule has 1 fully saturated rings. The van der Waals surface area contributed by atoms with Gasteiger partial charge in [0.05, 0.1) is 15.9 Å². The Labute approximate surface area is 145 Å². The van der Waals surface area contributed by atoms with Gasteiger partial charge in [-0.25, -0.2) is 4.79 Å². The molecule has 1 unspecified atom stereocenters. The number of nitrogens with zero attached hydrogens (tertiary/aromatic N) is 2. The van der Waals surface area contributed by atoms with Gasteiger partial charge in [0.2, 0.25) is 0 Å². The third-order valence-electron chi connectivity index (χ3n) is 4.24. The van der Waals surface area contributed by atoms with Gasteiger partial charge in [-0.3, -0.25) is 14.9 Å². The fourth-order valence-corrected chi connectivity index (χ4v) is 2.64. The Morgan fingerprint density at radius 2 is 2.04 bits per heavy atom. The number of carbonyl (C=O) groups excluding carboxylic acids is 1. The number of urea groups is 1. The monoisotopic (exact) mass is 375 g/mol. The number of benzene rings is 1. The van der Waals surface area contributed by atoms with E-state index in [0.29, 0.717) is 6.07 Å². The van der Waals surface area contributed by atoms with E-state index in [9.17, 15) is 32.9 Å². The molecule has 1 aromatic rings. The highest BCUT2D eigenvalue weighted by atomic mass is 19.4. The van der Waals surface area contributed by atoms with Crippen molar-refractivity contribution < 1.29 is 32.8 Å². The van der Waals surface area contributed by atoms with E-state index in [1.807, 2.05) is 0 Å². The number of hydrogen-bond donors (Lipinski definition) is 2. The molecular weight excluding hydrogens is 359 g/mol. The summed E-state index contributed by atoms with van der Waals surface area (Å²) in [6.07, 6.45) is -4.51. The van der Waals surface area contributed by atoms with Crippen LogP contribution in [0.15, 0.2) is 18.2 Å². The summed E-state index contributed by atoms with van der Waals surface area (Å²) in [6.45, 7) is 1.30. The molecular formula is C15H16F3N3O5. The van der Waals surface area contributed by atoms with E-state index >= 15 is 0 Å². The zero-order valence-corrected chi connectivity index (χ0v) is 13.7. The number of non-ortho nitro benzene ring substituents is 1. The van der Waals surface area contributed by atoms with Gasteiger partial charge in [-0.05, 0) is 25.0 Å². The molecule has 1 saturated heterocycles. The lowest BCUT2D eigenvalue weighted by atomic mass is 9.90. The molecule has 2 N–H and O–H groups in total. The van der Waals surface area contributed by atoms with Gasteiger partial charge < -0.3 is 15.3 Å². The number of carboxylic acid groups (broad SMARTS) is 1. The summed E-state index contributed by atoms with van der Waals surface area (Å²) < 4.78 is 38.5. The first-order chi connectivity index (χ1) is 11.9. The van der Waals surface area contributed by atoms with Crippen LogP contribution in [0.2, 0.25) is 0 Å². The van der Waals surface area contributed by atoms with Crippen molar-refractivity contribution in [2.45, 2.75) is 26.1 Å². The van der Waals surface area contributed by atoms with Crippen molar-refractivity contribution in [3.63, 3.8) is 0 Å². The lowest BCUT2D eigenvalue weighted by molar-refractivity contribution is -0.385. The lowest BCUT2D eigenvalue weighted by Crippen LogP contribution is -2.40. The van der Waals surface area contributed by atoms with Crippen LogP contribution >= 0.6 is 0 Å². The molecule has 0 saturated carbocycles. The Bertz CT molecular complexity index is 753. The van der Waals surface area contributed by atoms with Crippen LogP contribution in [-0.4, -0.2) is 40.0 Å². The van der Waals surface area contributed by atoms with Crippen LogP contribution in [-0.2, 0) is 17.5 Å². The number of nitro benzene ring substituents is 1. The summed E-state index contributed by atoms with van der Waals surface area (Å²) in [7, 11) is 0. The van der Waals surface area contributed by atoms with Gasteiger partial charge in [-0.1, -0.05) is 0 Å². The molecule has 1 atom stereocenters. The normalized spacial score (nSPS) is 20.1. The standard InChI is InChI=1S/C15H16F3N3O5/c1-14(12(22)23)2-3-20(8-14)13(24)19-7-9-4-10(15(16,17)18)6-11(5-9)21(25)26/h4-6H,2-3,7-8H2,1H3,(H,19,24)(H,22,23). The van der Waals surface area contributed by atoms with Crippen molar-refractivity contribution in [3.8, 4) is 0 Å². The van der Waals surface area contributed by atoms with Crippen LogP contribution in [0, 0.1) is 15.5 Å². The van der Waals surface area contributed by atoms with Crippen LogP contribution in [0.3, 0.4) is 0 Å². The molecule has 0 radical (unpaired) electrons. The maximum absolute atomic E-state index is 12.8. The average molecular weight is 375 g/mol. The average Bonchev–Trinajstić information content (AvgIpc) is 2.95. The maximum Gasteiger partial charge on any atom is 0.416 e. The number of nitro groups is 1. The predicted octanol–water partition coefficient (Wildman–Crippen LogP) is 2.62. The number of halogens is 3. The van der Waals surface area contributed by atoms with Crippen LogP contribution < -0.4 is 5.32 Å². The summed E-state index contributed by atoms with van der Waals surface area (Å²) in [5, 5.41) is 22.3. The van der Waals surface area contributed by atoms with E-state index in [2.05, 4.69) is 5.32 Å². The molecule has 0 aromatic heterocycles. The first-order valence-corrected chi connectivity index (χ1v) is 7.54. The number of carboxylic acids is 1. The molecule has 0 aliphatic carbocycles. The van der Waals surface area contributed by atoms with Crippen molar-refractivity contribution in [3.05, 3.63) is 39.4 Å². The van der Waals surface area contributed by atoms with Crippen molar-refractivity contribution >= 4 is 17.7 Å². The second-order valence-corrected chi connectivity index (χ2v) is 6.34. The summed E-state index contributed by atoms with van der Waals surface area (Å²) in [5.74, 6) is -1.04. The first-order valence-electron chi connectivity index (χ1n) is 7.54. The van der Waals surface area contributed by atoms with Gasteiger partial charge in [0.25, 0.3) is 5.69 Å². The van der Waals surface area contributed by atoms with Crippen LogP contribution in [0.4, 0.5) is 23.7 Å². The second-order valence-electron chi connectivity index (χ2n) is 6.34. The SMILES string of the molecule is CC1(C(=O)O)CCN(C(=O)NCc2cc([N+](=O)[O-])cc(C(F)(F)F)c2)C1. The predicted molar refractivity (Wildman–Crippen MR) is 82.3 cm³/mol. The van der Waals surface area contributed by atoms with Crippen molar-refractivity contribution in [1.29, 1.82) is 0 Å². The van der Waals surface area contributed by atoms with E-state index in [0.717, 1.165) is 12.1 Å². The van der Waals surface area contributed by atoms with E-state index in [1.54, 1.807) is 0 Å². The van der Waals surface area contributed by atoms with Gasteiger partial charge in [0.1, 0.15) is 0 Å². The summed E-state index contributed by atoms with van der Waals surface area (Å²) in [5.41, 5.74) is -3.08. The summed E-state index contributed by atoms with van der Waals surface area (Å²) in [6, 6.07) is 1.44. The highest BCUT2D eigenvalue weighted by Gasteiger charge is 2.42. The molecule has 2 amide bonds. The van der Waals surface area contributed by atoms with Crippen LogP contribution in [0.25, 0.3) is 0 Å². The van der Waals surface area contributed by atoms with E-state index in [1.165, 1.54) is 11.8 Å². The Morgan fingerprint density at radius 1 is 1.38 bits per heavy atom. The number of aliphatic carboxylic acids is 1. The fraction of sp³-hybridized carbons (Fsp3) is 0.467. The highest BCUT2D eigenvalue weighted by molar-refractivity contribution is 5.79. The van der Waals surface area contributed by atoms with Gasteiger partial charge in [0, 0.05) is 31.8 Å². The number of rotatable bonds is 4. The molecule has 1 aliphatic rings. The minimum Gasteiger partial charge on any atom is -0.481 e. The van der Waals surface area contributed by atoms with E-state index in [4.69, 9.17) is 5.11 Å². The lowest BCUT2D eigenvalue weighted by Gasteiger charge is -2.20. The first kappa shape index (κ1) is 19.5. The molecule has 0 bridgehead atoms. The largest absolute Gasteiger partial charge is 0.481 e. The third kappa shape index (κ3) is 4.21. The third-order valence-corrected chi connectivity index (χ3v) is 4.24. The molecule has 26 heavy (non-hydrogen) atoms. The van der Waals surface area contributed by atoms with Crippen LogP contribution in [0.1, 0.15) is 24.5 Å². The smallest absolute Gasteiger partial charge is 0.416 e. The number of likely N-dealkylation sites (tertiary alicyclic amines) is 1. The zero-order chi connectivity index (χ0) is 19.7. The summed E-state index contributed by atoms with van der Waals surface area (Å²) >= 11 is 0. The fourth-order valence-electron chi connectivity index (χ4n) is 2.64. The molecule has 1 heterocycles. The number of hydrogen-bond acceptors (Lipinski definition) is 4. The van der Waals surface area contributed by atoms with Crippen LogP contribution in [0.5, 0.6) is 0 Å². The minimum atomic E-state index is -4.76. The van der Waals surface area contributed by atoms with E-state index in [-0.39, 0.29) is 31.6 Å². The zero-order valence-electron chi connectivity index (χ0n) is 13.7. The number of carbonyl (C=O) groups is 2. The molecule has 11 heteroatoms. The Morgan fingerprint density at radius 3 is 2.54 bits per heavy atom. The Hall–Kier alpha value is -2.85. The van der Waals surface area contributed by atoms with Crippen molar-refractivity contribution in [2.75, 3.05) is 13.1 Å². The van der Waals surface area contributed by atoms with Gasteiger partial charge in [-0.2, -0.15) is 13.2 Å².